The summed E-state index contributed by atoms with van der Waals surface area (Å²) < 4.78 is 25.9. The third-order valence-electron chi connectivity index (χ3n) is 6.15. The number of fused-ring (bicyclic) bond motifs is 1. The Morgan fingerprint density at radius 3 is 2.58 bits per heavy atom. The predicted octanol–water partition coefficient (Wildman–Crippen LogP) is 6.83. The van der Waals surface area contributed by atoms with Gasteiger partial charge in [0.05, 0.1) is 12.6 Å². The molecule has 0 spiro atoms. The molecule has 0 saturated carbocycles. The van der Waals surface area contributed by atoms with E-state index in [4.69, 9.17) is 9.47 Å². The van der Waals surface area contributed by atoms with Crippen molar-refractivity contribution in [1.82, 2.24) is 0 Å². The molecule has 4 nitrogen and oxygen atoms in total. The van der Waals surface area contributed by atoms with Crippen LogP contribution in [-0.4, -0.2) is 12.6 Å². The average molecular weight is 448 g/mol. The monoisotopic (exact) mass is 447 g/mol. The molecule has 0 aromatic heterocycles. The van der Waals surface area contributed by atoms with Gasteiger partial charge in [-0.2, -0.15) is 0 Å². The van der Waals surface area contributed by atoms with Crippen LogP contribution in [0.5, 0.6) is 11.5 Å². The number of rotatable bonds is 8. The molecule has 0 radical (unpaired) electrons. The molecule has 172 valence electrons. The standard InChI is InChI=1S/C28H30FNO3/c1-4-32-27(31)16-12-20-11-13-21(17-24(20)29)30-25-15-14-23-22(25)9-6-10-26(23)33-28-18(2)7-5-8-19(28)3/h5-11,13,17,25,30H,4,12,14-16H2,1-3H3. The van der Waals surface area contributed by atoms with Crippen molar-refractivity contribution in [3.8, 4) is 11.5 Å². The molecule has 1 N–H and O–H groups in total. The summed E-state index contributed by atoms with van der Waals surface area (Å²) in [6.07, 6.45) is 2.32. The molecule has 0 amide bonds. The highest BCUT2D eigenvalue weighted by atomic mass is 19.1. The highest BCUT2D eigenvalue weighted by molar-refractivity contribution is 5.69. The van der Waals surface area contributed by atoms with E-state index in [0.717, 1.165) is 41.2 Å². The van der Waals surface area contributed by atoms with Gasteiger partial charge in [0, 0.05) is 17.7 Å². The topological polar surface area (TPSA) is 47.6 Å². The second-order valence-electron chi connectivity index (χ2n) is 8.49. The van der Waals surface area contributed by atoms with Gasteiger partial charge in [0.2, 0.25) is 0 Å². The van der Waals surface area contributed by atoms with Crippen LogP contribution in [0.3, 0.4) is 0 Å². The quantitative estimate of drug-likeness (QED) is 0.385. The van der Waals surface area contributed by atoms with Gasteiger partial charge in [-0.15, -0.1) is 0 Å². The first-order valence-corrected chi connectivity index (χ1v) is 11.5. The van der Waals surface area contributed by atoms with Crippen LogP contribution in [0, 0.1) is 19.7 Å². The zero-order valence-corrected chi connectivity index (χ0v) is 19.4. The SMILES string of the molecule is CCOC(=O)CCc1ccc(NC2CCc3c(Oc4c(C)cccc4C)cccc32)cc1F. The Kier molecular flexibility index (Phi) is 6.97. The molecule has 0 aliphatic heterocycles. The van der Waals surface area contributed by atoms with Crippen molar-refractivity contribution in [2.75, 3.05) is 11.9 Å². The Morgan fingerprint density at radius 2 is 1.85 bits per heavy atom. The van der Waals surface area contributed by atoms with E-state index in [9.17, 15) is 9.18 Å². The number of esters is 1. The van der Waals surface area contributed by atoms with Crippen LogP contribution in [0.25, 0.3) is 0 Å². The first-order valence-electron chi connectivity index (χ1n) is 11.5. The van der Waals surface area contributed by atoms with E-state index in [-0.39, 0.29) is 24.2 Å². The summed E-state index contributed by atoms with van der Waals surface area (Å²) in [7, 11) is 0. The first-order chi connectivity index (χ1) is 16.0. The fraction of sp³-hybridized carbons (Fsp3) is 0.321. The first kappa shape index (κ1) is 22.8. The zero-order chi connectivity index (χ0) is 23.4. The van der Waals surface area contributed by atoms with Crippen molar-refractivity contribution in [3.05, 3.63) is 88.2 Å². The second-order valence-corrected chi connectivity index (χ2v) is 8.49. The summed E-state index contributed by atoms with van der Waals surface area (Å²) in [4.78, 5) is 11.6. The molecule has 3 aromatic carbocycles. The van der Waals surface area contributed by atoms with E-state index < -0.39 is 0 Å². The van der Waals surface area contributed by atoms with Gasteiger partial charge in [-0.25, -0.2) is 4.39 Å². The summed E-state index contributed by atoms with van der Waals surface area (Å²) in [5, 5.41) is 3.48. The molecule has 5 heteroatoms. The highest BCUT2D eigenvalue weighted by Crippen LogP contribution is 2.41. The number of para-hydroxylation sites is 1. The van der Waals surface area contributed by atoms with E-state index in [1.165, 1.54) is 17.2 Å². The fourth-order valence-electron chi connectivity index (χ4n) is 4.45. The molecule has 0 heterocycles. The molecule has 1 atom stereocenters. The van der Waals surface area contributed by atoms with Crippen LogP contribution < -0.4 is 10.1 Å². The molecule has 0 saturated heterocycles. The van der Waals surface area contributed by atoms with Crippen molar-refractivity contribution < 1.29 is 18.7 Å². The van der Waals surface area contributed by atoms with Gasteiger partial charge in [0.25, 0.3) is 0 Å². The summed E-state index contributed by atoms with van der Waals surface area (Å²) in [5.41, 5.74) is 5.85. The van der Waals surface area contributed by atoms with Crippen LogP contribution in [0.4, 0.5) is 10.1 Å². The summed E-state index contributed by atoms with van der Waals surface area (Å²) in [5.74, 6) is 1.17. The van der Waals surface area contributed by atoms with E-state index in [1.54, 1.807) is 13.0 Å². The van der Waals surface area contributed by atoms with Crippen LogP contribution in [-0.2, 0) is 22.4 Å². The summed E-state index contributed by atoms with van der Waals surface area (Å²) in [6.45, 7) is 6.21. The molecule has 3 aromatic rings. The number of hydrogen-bond acceptors (Lipinski definition) is 4. The summed E-state index contributed by atoms with van der Waals surface area (Å²) in [6, 6.07) is 17.5. The number of benzene rings is 3. The minimum atomic E-state index is -0.311. The molecular weight excluding hydrogens is 417 g/mol. The Morgan fingerprint density at radius 1 is 1.09 bits per heavy atom. The third-order valence-corrected chi connectivity index (χ3v) is 6.15. The molecule has 1 aliphatic rings. The lowest BCUT2D eigenvalue weighted by Crippen LogP contribution is -2.08. The van der Waals surface area contributed by atoms with Crippen molar-refractivity contribution in [3.63, 3.8) is 0 Å². The van der Waals surface area contributed by atoms with Crippen molar-refractivity contribution >= 4 is 11.7 Å². The maximum Gasteiger partial charge on any atom is 0.306 e. The lowest BCUT2D eigenvalue weighted by atomic mass is 10.1. The van der Waals surface area contributed by atoms with Crippen molar-refractivity contribution in [2.45, 2.75) is 52.5 Å². The number of ether oxygens (including phenoxy) is 2. The number of anilines is 1. The van der Waals surface area contributed by atoms with Gasteiger partial charge >= 0.3 is 5.97 Å². The smallest absolute Gasteiger partial charge is 0.306 e. The van der Waals surface area contributed by atoms with Gasteiger partial charge in [0.15, 0.2) is 0 Å². The van der Waals surface area contributed by atoms with Crippen LogP contribution in [0.15, 0.2) is 54.6 Å². The molecule has 0 fully saturated rings. The number of carbonyl (C=O) groups is 1. The fourth-order valence-corrected chi connectivity index (χ4v) is 4.45. The molecule has 1 unspecified atom stereocenters. The number of nitrogens with one attached hydrogen (secondary N) is 1. The third kappa shape index (κ3) is 5.19. The summed E-state index contributed by atoms with van der Waals surface area (Å²) >= 11 is 0. The number of halogens is 1. The Hall–Kier alpha value is -3.34. The van der Waals surface area contributed by atoms with E-state index in [1.807, 2.05) is 24.3 Å². The number of hydrogen-bond donors (Lipinski definition) is 1. The van der Waals surface area contributed by atoms with Crippen LogP contribution >= 0.6 is 0 Å². The predicted molar refractivity (Wildman–Crippen MR) is 128 cm³/mol. The van der Waals surface area contributed by atoms with Gasteiger partial charge in [-0.3, -0.25) is 4.79 Å². The van der Waals surface area contributed by atoms with Gasteiger partial charge in [-0.1, -0.05) is 36.4 Å². The second kappa shape index (κ2) is 10.1. The molecule has 4 rings (SSSR count). The number of aryl methyl sites for hydroxylation is 3. The van der Waals surface area contributed by atoms with Gasteiger partial charge in [-0.05, 0) is 80.5 Å². The molecule has 33 heavy (non-hydrogen) atoms. The molecular formula is C28H30FNO3. The Bertz CT molecular complexity index is 1140. The number of carbonyl (C=O) groups excluding carboxylic acids is 1. The van der Waals surface area contributed by atoms with E-state index in [2.05, 4.69) is 37.4 Å². The van der Waals surface area contributed by atoms with Crippen LogP contribution in [0.2, 0.25) is 0 Å². The van der Waals surface area contributed by atoms with Crippen molar-refractivity contribution in [2.24, 2.45) is 0 Å². The molecule has 0 bridgehead atoms. The highest BCUT2D eigenvalue weighted by Gasteiger charge is 2.26. The van der Waals surface area contributed by atoms with E-state index >= 15 is 0 Å². The minimum Gasteiger partial charge on any atom is -0.466 e. The Balaban J connectivity index is 1.47. The minimum absolute atomic E-state index is 0.0892. The largest absolute Gasteiger partial charge is 0.466 e. The lowest BCUT2D eigenvalue weighted by Gasteiger charge is -2.18. The maximum atomic E-state index is 14.6. The Labute approximate surface area is 194 Å². The van der Waals surface area contributed by atoms with Gasteiger partial charge < -0.3 is 14.8 Å². The average Bonchev–Trinajstić information content (AvgIpc) is 3.19. The van der Waals surface area contributed by atoms with Crippen molar-refractivity contribution in [1.29, 1.82) is 0 Å². The molecule has 1 aliphatic carbocycles. The lowest BCUT2D eigenvalue weighted by molar-refractivity contribution is -0.143. The normalized spacial score (nSPS) is 14.6. The van der Waals surface area contributed by atoms with Gasteiger partial charge in [0.1, 0.15) is 17.3 Å². The van der Waals surface area contributed by atoms with E-state index in [0.29, 0.717) is 18.6 Å². The maximum absolute atomic E-state index is 14.6. The van der Waals surface area contributed by atoms with Crippen LogP contribution in [0.1, 0.15) is 53.6 Å². The zero-order valence-electron chi connectivity index (χ0n) is 19.4.